The minimum Gasteiger partial charge on any atom is -0.447 e. The third kappa shape index (κ3) is 1.79. The first-order chi connectivity index (χ1) is 6.68. The Kier molecular flexibility index (Phi) is 2.04. The summed E-state index contributed by atoms with van der Waals surface area (Å²) in [5.74, 6) is 0. The van der Waals surface area contributed by atoms with Crippen LogP contribution < -0.4 is 5.32 Å². The van der Waals surface area contributed by atoms with Crippen molar-refractivity contribution in [2.45, 2.75) is 12.5 Å². The summed E-state index contributed by atoms with van der Waals surface area (Å²) in [5.41, 5.74) is 0.620. The zero-order valence-electron chi connectivity index (χ0n) is 7.91. The molecule has 1 amide bonds. The second-order valence-electron chi connectivity index (χ2n) is 3.58. The van der Waals surface area contributed by atoms with Crippen LogP contribution in [-0.4, -0.2) is 23.2 Å². The van der Waals surface area contributed by atoms with Crippen LogP contribution >= 0.6 is 0 Å². The summed E-state index contributed by atoms with van der Waals surface area (Å²) in [6, 6.07) is 3.88. The summed E-state index contributed by atoms with van der Waals surface area (Å²) in [4.78, 5) is 13.9. The van der Waals surface area contributed by atoms with Gasteiger partial charge in [-0.2, -0.15) is 0 Å². The quantitative estimate of drug-likeness (QED) is 0.746. The number of nitrogens with one attached hydrogen (secondary N) is 2. The molecule has 1 aliphatic heterocycles. The number of aromatic amines is 1. The van der Waals surface area contributed by atoms with Crippen LogP contribution in [0.2, 0.25) is 0 Å². The summed E-state index contributed by atoms with van der Waals surface area (Å²) in [6.07, 6.45) is 5.34. The van der Waals surface area contributed by atoms with Crippen molar-refractivity contribution in [3.8, 4) is 0 Å². The number of ether oxygens (including phenoxy) is 1. The second kappa shape index (κ2) is 3.21. The average Bonchev–Trinajstić information content (AvgIpc) is 2.73. The molecule has 4 nitrogen and oxygen atoms in total. The van der Waals surface area contributed by atoms with Gasteiger partial charge in [-0.25, -0.2) is 4.79 Å². The van der Waals surface area contributed by atoms with Crippen molar-refractivity contribution in [2.75, 3.05) is 6.61 Å². The molecule has 1 aliphatic rings. The lowest BCUT2D eigenvalue weighted by Gasteiger charge is -2.14. The molecule has 1 aromatic heterocycles. The van der Waals surface area contributed by atoms with E-state index in [1.807, 2.05) is 37.4 Å². The fourth-order valence-corrected chi connectivity index (χ4v) is 1.33. The van der Waals surface area contributed by atoms with Crippen molar-refractivity contribution >= 4 is 12.2 Å². The Labute approximate surface area is 82.0 Å². The number of carbonyl (C=O) groups is 1. The van der Waals surface area contributed by atoms with Gasteiger partial charge in [-0.3, -0.25) is 0 Å². The van der Waals surface area contributed by atoms with Crippen molar-refractivity contribution in [1.29, 1.82) is 0 Å². The van der Waals surface area contributed by atoms with Crippen molar-refractivity contribution in [2.24, 2.45) is 0 Å². The predicted octanol–water partition coefficient (Wildman–Crippen LogP) is 1.53. The highest BCUT2D eigenvalue weighted by molar-refractivity contribution is 5.71. The Morgan fingerprint density at radius 2 is 2.50 bits per heavy atom. The number of hydrogen-bond acceptors (Lipinski definition) is 2. The average molecular weight is 192 g/mol. The standard InChI is InChI=1S/C10H12N2O2/c1-10(7-14-9(13)12-10)5-4-8-3-2-6-11-8/h2-6,11H,7H2,1H3,(H,12,13)/b5-4+/t10-/m1/s1. The molecule has 0 aliphatic carbocycles. The van der Waals surface area contributed by atoms with Gasteiger partial charge in [-0.15, -0.1) is 0 Å². The van der Waals surface area contributed by atoms with Gasteiger partial charge in [0.15, 0.2) is 0 Å². The van der Waals surface area contributed by atoms with Crippen LogP contribution in [-0.2, 0) is 4.74 Å². The lowest BCUT2D eigenvalue weighted by atomic mass is 10.0. The molecule has 1 atom stereocenters. The van der Waals surface area contributed by atoms with E-state index in [-0.39, 0.29) is 11.6 Å². The van der Waals surface area contributed by atoms with E-state index in [0.29, 0.717) is 6.61 Å². The first-order valence-electron chi connectivity index (χ1n) is 4.46. The highest BCUT2D eigenvalue weighted by Crippen LogP contribution is 2.15. The molecule has 0 bridgehead atoms. The van der Waals surface area contributed by atoms with Crippen LogP contribution in [0.1, 0.15) is 12.6 Å². The number of hydrogen-bond donors (Lipinski definition) is 2. The Bertz CT molecular complexity index is 356. The Balaban J connectivity index is 2.07. The molecule has 2 heterocycles. The third-order valence-electron chi connectivity index (χ3n) is 2.14. The monoisotopic (exact) mass is 192 g/mol. The molecule has 2 N–H and O–H groups in total. The van der Waals surface area contributed by atoms with Gasteiger partial charge in [0.1, 0.15) is 6.61 Å². The molecular formula is C10H12N2O2. The van der Waals surface area contributed by atoms with E-state index in [0.717, 1.165) is 5.69 Å². The largest absolute Gasteiger partial charge is 0.447 e. The maximum atomic E-state index is 10.8. The number of cyclic esters (lactones) is 1. The molecule has 1 saturated heterocycles. The lowest BCUT2D eigenvalue weighted by molar-refractivity contribution is 0.175. The maximum Gasteiger partial charge on any atom is 0.408 e. The number of alkyl carbamates (subject to hydrolysis) is 1. The van der Waals surface area contributed by atoms with Crippen LogP contribution in [0, 0.1) is 0 Å². The summed E-state index contributed by atoms with van der Waals surface area (Å²) < 4.78 is 4.83. The van der Waals surface area contributed by atoms with Crippen molar-refractivity contribution in [1.82, 2.24) is 10.3 Å². The zero-order valence-corrected chi connectivity index (χ0v) is 7.91. The van der Waals surface area contributed by atoms with E-state index in [1.54, 1.807) is 0 Å². The number of aromatic nitrogens is 1. The predicted molar refractivity (Wildman–Crippen MR) is 52.7 cm³/mol. The minimum absolute atomic E-state index is 0.358. The number of rotatable bonds is 2. The fourth-order valence-electron chi connectivity index (χ4n) is 1.33. The highest BCUT2D eigenvalue weighted by atomic mass is 16.6. The van der Waals surface area contributed by atoms with E-state index in [9.17, 15) is 4.79 Å². The topological polar surface area (TPSA) is 54.1 Å². The summed E-state index contributed by atoms with van der Waals surface area (Å²) in [5, 5.41) is 2.73. The summed E-state index contributed by atoms with van der Waals surface area (Å²) >= 11 is 0. The highest BCUT2D eigenvalue weighted by Gasteiger charge is 2.31. The fraction of sp³-hybridized carbons (Fsp3) is 0.300. The Hall–Kier alpha value is -1.71. The molecule has 1 aromatic rings. The number of amides is 1. The molecule has 1 fully saturated rings. The Morgan fingerprint density at radius 1 is 1.64 bits per heavy atom. The molecule has 4 heteroatoms. The molecule has 74 valence electrons. The molecule has 0 radical (unpaired) electrons. The summed E-state index contributed by atoms with van der Waals surface area (Å²) in [7, 11) is 0. The molecular weight excluding hydrogens is 180 g/mol. The molecule has 2 rings (SSSR count). The van der Waals surface area contributed by atoms with Crippen LogP contribution in [0.15, 0.2) is 24.4 Å². The molecule has 14 heavy (non-hydrogen) atoms. The van der Waals surface area contributed by atoms with Gasteiger partial charge in [-0.1, -0.05) is 6.08 Å². The summed E-state index contributed by atoms with van der Waals surface area (Å²) in [6.45, 7) is 2.29. The lowest BCUT2D eigenvalue weighted by Crippen LogP contribution is -2.37. The molecule has 0 spiro atoms. The maximum absolute atomic E-state index is 10.8. The van der Waals surface area contributed by atoms with Crippen molar-refractivity contribution < 1.29 is 9.53 Å². The van der Waals surface area contributed by atoms with Crippen molar-refractivity contribution in [3.05, 3.63) is 30.1 Å². The Morgan fingerprint density at radius 3 is 3.07 bits per heavy atom. The van der Waals surface area contributed by atoms with Gasteiger partial charge in [0.2, 0.25) is 0 Å². The number of carbonyl (C=O) groups excluding carboxylic acids is 1. The second-order valence-corrected chi connectivity index (χ2v) is 3.58. The number of H-pyrrole nitrogens is 1. The van der Waals surface area contributed by atoms with Gasteiger partial charge in [0.25, 0.3) is 0 Å². The molecule has 0 saturated carbocycles. The smallest absolute Gasteiger partial charge is 0.408 e. The van der Waals surface area contributed by atoms with Crippen molar-refractivity contribution in [3.63, 3.8) is 0 Å². The van der Waals surface area contributed by atoms with Crippen LogP contribution in [0.3, 0.4) is 0 Å². The normalized spacial score (nSPS) is 26.5. The van der Waals surface area contributed by atoms with E-state index in [2.05, 4.69) is 10.3 Å². The first-order valence-corrected chi connectivity index (χ1v) is 4.46. The first kappa shape index (κ1) is 8.87. The van der Waals surface area contributed by atoms with Crippen LogP contribution in [0.4, 0.5) is 4.79 Å². The molecule has 0 aromatic carbocycles. The minimum atomic E-state index is -0.387. The SMILES string of the molecule is C[C@@]1(/C=C/c2ccc[nH]2)COC(=O)N1. The van der Waals surface area contributed by atoms with E-state index >= 15 is 0 Å². The van der Waals surface area contributed by atoms with Gasteiger partial charge in [0, 0.05) is 11.9 Å². The van der Waals surface area contributed by atoms with Crippen LogP contribution in [0.25, 0.3) is 6.08 Å². The van der Waals surface area contributed by atoms with E-state index in [4.69, 9.17) is 4.74 Å². The third-order valence-corrected chi connectivity index (χ3v) is 2.14. The van der Waals surface area contributed by atoms with E-state index in [1.165, 1.54) is 0 Å². The van der Waals surface area contributed by atoms with E-state index < -0.39 is 0 Å². The zero-order chi connectivity index (χ0) is 10.0. The van der Waals surface area contributed by atoms with Gasteiger partial charge in [0.05, 0.1) is 5.54 Å². The van der Waals surface area contributed by atoms with Gasteiger partial charge < -0.3 is 15.0 Å². The molecule has 0 unspecified atom stereocenters. The van der Waals surface area contributed by atoms with Crippen LogP contribution in [0.5, 0.6) is 0 Å². The van der Waals surface area contributed by atoms with Gasteiger partial charge in [-0.05, 0) is 25.1 Å². The van der Waals surface area contributed by atoms with Gasteiger partial charge >= 0.3 is 6.09 Å².